The molecule has 0 bridgehead atoms. The maximum absolute atomic E-state index is 13.9. The van der Waals surface area contributed by atoms with Gasteiger partial charge in [-0.15, -0.1) is 0 Å². The lowest BCUT2D eigenvalue weighted by Crippen LogP contribution is -2.62. The van der Waals surface area contributed by atoms with Gasteiger partial charge < -0.3 is 24.3 Å². The average molecular weight is 466 g/mol. The summed E-state index contributed by atoms with van der Waals surface area (Å²) in [4.78, 5) is 34.5. The van der Waals surface area contributed by atoms with Crippen LogP contribution in [0.2, 0.25) is 0 Å². The summed E-state index contributed by atoms with van der Waals surface area (Å²) in [7, 11) is 0. The first kappa shape index (κ1) is 20.1. The molecule has 0 saturated carbocycles. The zero-order valence-electron chi connectivity index (χ0n) is 18.9. The van der Waals surface area contributed by atoms with Gasteiger partial charge in [-0.1, -0.05) is 54.6 Å². The third-order valence-corrected chi connectivity index (χ3v) is 7.27. The molecule has 174 valence electrons. The van der Waals surface area contributed by atoms with Gasteiger partial charge in [0, 0.05) is 29.6 Å². The summed E-state index contributed by atoms with van der Waals surface area (Å²) in [5.74, 6) is 1.30. The molecule has 0 spiro atoms. The highest BCUT2D eigenvalue weighted by Gasteiger charge is 2.48. The van der Waals surface area contributed by atoms with Crippen LogP contribution >= 0.6 is 0 Å². The number of para-hydroxylation sites is 1. The zero-order chi connectivity index (χ0) is 23.5. The normalized spacial score (nSPS) is 20.8. The zero-order valence-corrected chi connectivity index (χ0v) is 18.9. The van der Waals surface area contributed by atoms with Crippen LogP contribution in [0.3, 0.4) is 0 Å². The van der Waals surface area contributed by atoms with Crippen molar-refractivity contribution in [3.05, 3.63) is 95.2 Å². The lowest BCUT2D eigenvalue weighted by atomic mass is 9.86. The van der Waals surface area contributed by atoms with Crippen LogP contribution in [0.15, 0.2) is 72.8 Å². The highest BCUT2D eigenvalue weighted by atomic mass is 16.7. The number of nitrogens with one attached hydrogen (secondary N) is 1. The molecule has 7 nitrogen and oxygen atoms in total. The SMILES string of the molecule is O=C1[C@@H]2Cc3c([nH]c4ccccc34)C(c3ccccc3)N2C(=O)CN1Cc1ccc2c(c1)OCO2. The van der Waals surface area contributed by atoms with Crippen LogP contribution < -0.4 is 9.47 Å². The van der Waals surface area contributed by atoms with Gasteiger partial charge >= 0.3 is 0 Å². The lowest BCUT2D eigenvalue weighted by molar-refractivity contribution is -0.159. The van der Waals surface area contributed by atoms with Gasteiger partial charge in [-0.3, -0.25) is 9.59 Å². The van der Waals surface area contributed by atoms with Gasteiger partial charge in [0.2, 0.25) is 18.6 Å². The number of ether oxygens (including phenoxy) is 2. The maximum Gasteiger partial charge on any atom is 0.246 e. The molecule has 0 radical (unpaired) electrons. The van der Waals surface area contributed by atoms with E-state index in [1.807, 2.05) is 66.7 Å². The van der Waals surface area contributed by atoms with Crippen LogP contribution in [0.4, 0.5) is 0 Å². The Kier molecular flexibility index (Phi) is 4.39. The van der Waals surface area contributed by atoms with Crippen molar-refractivity contribution in [2.75, 3.05) is 13.3 Å². The van der Waals surface area contributed by atoms with Crippen LogP contribution in [0.25, 0.3) is 10.9 Å². The number of aromatic amines is 1. The molecule has 2 amide bonds. The number of H-pyrrole nitrogens is 1. The Labute approximate surface area is 201 Å². The van der Waals surface area contributed by atoms with E-state index < -0.39 is 6.04 Å². The number of nitrogens with zero attached hydrogens (tertiary/aromatic N) is 2. The van der Waals surface area contributed by atoms with Crippen molar-refractivity contribution in [2.45, 2.75) is 25.0 Å². The molecule has 1 N–H and O–H groups in total. The number of benzene rings is 3. The molecule has 0 aliphatic carbocycles. The Bertz CT molecular complexity index is 1480. The molecule has 4 heterocycles. The predicted octanol–water partition coefficient (Wildman–Crippen LogP) is 3.78. The van der Waals surface area contributed by atoms with E-state index >= 15 is 0 Å². The molecule has 3 aromatic carbocycles. The number of piperazine rings is 1. The standard InChI is InChI=1S/C28H23N3O4/c32-25-15-30(14-17-10-11-23-24(12-17)35-16-34-23)28(33)22-13-20-19-8-4-5-9-21(19)29-26(20)27(31(22)25)18-6-2-1-3-7-18/h1-12,22,27,29H,13-16H2/t22-,27?/m0/s1. The summed E-state index contributed by atoms with van der Waals surface area (Å²) in [6, 6.07) is 22.9. The largest absolute Gasteiger partial charge is 0.454 e. The Balaban J connectivity index is 1.29. The topological polar surface area (TPSA) is 74.9 Å². The van der Waals surface area contributed by atoms with Crippen LogP contribution in [-0.2, 0) is 22.6 Å². The fourth-order valence-corrected chi connectivity index (χ4v) is 5.70. The number of amides is 2. The Morgan fingerprint density at radius 2 is 1.71 bits per heavy atom. The Hall–Kier alpha value is -4.26. The van der Waals surface area contributed by atoms with Crippen LogP contribution in [0, 0.1) is 0 Å². The molecule has 2 atom stereocenters. The number of carbonyl (C=O) groups excluding carboxylic acids is 2. The van der Waals surface area contributed by atoms with Gasteiger partial charge in [-0.2, -0.15) is 0 Å². The number of hydrogen-bond acceptors (Lipinski definition) is 4. The predicted molar refractivity (Wildman–Crippen MR) is 129 cm³/mol. The summed E-state index contributed by atoms with van der Waals surface area (Å²) < 4.78 is 10.9. The molecule has 35 heavy (non-hydrogen) atoms. The van der Waals surface area contributed by atoms with E-state index in [9.17, 15) is 9.59 Å². The summed E-state index contributed by atoms with van der Waals surface area (Å²) in [6.45, 7) is 0.593. The van der Waals surface area contributed by atoms with E-state index in [2.05, 4.69) is 11.1 Å². The monoisotopic (exact) mass is 465 g/mol. The molecule has 3 aliphatic heterocycles. The van der Waals surface area contributed by atoms with Crippen LogP contribution in [0.1, 0.15) is 28.4 Å². The number of fused-ring (bicyclic) bond motifs is 5. The minimum absolute atomic E-state index is 0.0286. The molecular weight excluding hydrogens is 442 g/mol. The van der Waals surface area contributed by atoms with E-state index in [0.29, 0.717) is 24.5 Å². The van der Waals surface area contributed by atoms with Crippen molar-refractivity contribution >= 4 is 22.7 Å². The smallest absolute Gasteiger partial charge is 0.246 e. The molecule has 1 aromatic heterocycles. The first-order chi connectivity index (χ1) is 17.2. The summed E-state index contributed by atoms with van der Waals surface area (Å²) in [6.07, 6.45) is 0.491. The van der Waals surface area contributed by atoms with Crippen molar-refractivity contribution in [1.82, 2.24) is 14.8 Å². The maximum atomic E-state index is 13.9. The lowest BCUT2D eigenvalue weighted by Gasteiger charge is -2.47. The number of hydrogen-bond donors (Lipinski definition) is 1. The average Bonchev–Trinajstić information content (AvgIpc) is 3.50. The van der Waals surface area contributed by atoms with Crippen molar-refractivity contribution in [1.29, 1.82) is 0 Å². The molecule has 7 heteroatoms. The van der Waals surface area contributed by atoms with Crippen molar-refractivity contribution in [3.8, 4) is 11.5 Å². The summed E-state index contributed by atoms with van der Waals surface area (Å²) in [5, 5.41) is 1.11. The summed E-state index contributed by atoms with van der Waals surface area (Å²) in [5.41, 5.74) is 5.04. The molecule has 1 unspecified atom stereocenters. The van der Waals surface area contributed by atoms with Gasteiger partial charge in [0.1, 0.15) is 12.6 Å². The molecular formula is C28H23N3O4. The number of carbonyl (C=O) groups is 2. The van der Waals surface area contributed by atoms with Crippen molar-refractivity contribution in [3.63, 3.8) is 0 Å². The Morgan fingerprint density at radius 1 is 0.914 bits per heavy atom. The minimum atomic E-state index is -0.554. The van der Waals surface area contributed by atoms with E-state index in [1.165, 1.54) is 0 Å². The first-order valence-corrected chi connectivity index (χ1v) is 11.8. The van der Waals surface area contributed by atoms with Gasteiger partial charge in [-0.25, -0.2) is 0 Å². The molecule has 4 aromatic rings. The van der Waals surface area contributed by atoms with Crippen LogP contribution in [0.5, 0.6) is 11.5 Å². The number of rotatable bonds is 3. The minimum Gasteiger partial charge on any atom is -0.454 e. The van der Waals surface area contributed by atoms with Gasteiger partial charge in [0.25, 0.3) is 0 Å². The van der Waals surface area contributed by atoms with Gasteiger partial charge in [-0.05, 0) is 34.9 Å². The fourth-order valence-electron chi connectivity index (χ4n) is 5.70. The summed E-state index contributed by atoms with van der Waals surface area (Å²) >= 11 is 0. The second-order valence-corrected chi connectivity index (χ2v) is 9.28. The first-order valence-electron chi connectivity index (χ1n) is 11.8. The molecule has 7 rings (SSSR count). The highest BCUT2D eigenvalue weighted by molar-refractivity contribution is 5.97. The van der Waals surface area contributed by atoms with Crippen molar-refractivity contribution < 1.29 is 19.1 Å². The van der Waals surface area contributed by atoms with E-state index in [-0.39, 0.29) is 31.2 Å². The van der Waals surface area contributed by atoms with Crippen molar-refractivity contribution in [2.24, 2.45) is 0 Å². The molecule has 3 aliphatic rings. The third kappa shape index (κ3) is 3.11. The molecule has 1 saturated heterocycles. The van der Waals surface area contributed by atoms with E-state index in [1.54, 1.807) is 9.80 Å². The van der Waals surface area contributed by atoms with Crippen LogP contribution in [-0.4, -0.2) is 46.0 Å². The second kappa shape index (κ2) is 7.63. The third-order valence-electron chi connectivity index (χ3n) is 7.27. The Morgan fingerprint density at radius 3 is 2.60 bits per heavy atom. The second-order valence-electron chi connectivity index (χ2n) is 9.28. The fraction of sp³-hybridized carbons (Fsp3) is 0.214. The van der Waals surface area contributed by atoms with Gasteiger partial charge in [0.05, 0.1) is 6.04 Å². The quantitative estimate of drug-likeness (QED) is 0.500. The van der Waals surface area contributed by atoms with E-state index in [0.717, 1.165) is 33.3 Å². The number of aromatic nitrogens is 1. The van der Waals surface area contributed by atoms with Gasteiger partial charge in [0.15, 0.2) is 11.5 Å². The van der Waals surface area contributed by atoms with E-state index in [4.69, 9.17) is 9.47 Å². The highest BCUT2D eigenvalue weighted by Crippen LogP contribution is 2.42. The molecule has 1 fully saturated rings.